The lowest BCUT2D eigenvalue weighted by molar-refractivity contribution is 0.127. The lowest BCUT2D eigenvalue weighted by Crippen LogP contribution is -2.13. The third kappa shape index (κ3) is 3.47. The van der Waals surface area contributed by atoms with Gasteiger partial charge >= 0.3 is 0 Å². The largest absolute Gasteiger partial charge is 0.470 e. The second-order valence-corrected chi connectivity index (χ2v) is 4.88. The van der Waals surface area contributed by atoms with Crippen LogP contribution in [0.25, 0.3) is 0 Å². The summed E-state index contributed by atoms with van der Waals surface area (Å²) in [6, 6.07) is 17.4. The minimum Gasteiger partial charge on any atom is -0.470 e. The van der Waals surface area contributed by atoms with Gasteiger partial charge in [-0.05, 0) is 36.4 Å². The molecule has 3 aromatic rings. The first-order valence-corrected chi connectivity index (χ1v) is 7.32. The molecule has 1 atom stereocenters. The third-order valence-electron chi connectivity index (χ3n) is 3.28. The van der Waals surface area contributed by atoms with Crippen LogP contribution in [0.2, 0.25) is 0 Å². The fourth-order valence-electron chi connectivity index (χ4n) is 2.16. The van der Waals surface area contributed by atoms with Crippen molar-refractivity contribution in [3.05, 3.63) is 73.3 Å². The molecular weight excluding hydrogens is 276 g/mol. The summed E-state index contributed by atoms with van der Waals surface area (Å²) in [6.45, 7) is 2.08. The highest BCUT2D eigenvalue weighted by Crippen LogP contribution is 2.25. The molecule has 4 nitrogen and oxygen atoms in total. The number of hydrogen-bond donors (Lipinski definition) is 0. The van der Waals surface area contributed by atoms with E-state index in [1.54, 1.807) is 12.5 Å². The smallest absolute Gasteiger partial charge is 0.176 e. The molecule has 0 radical (unpaired) electrons. The highest BCUT2D eigenvalue weighted by molar-refractivity contribution is 5.35. The molecule has 22 heavy (non-hydrogen) atoms. The average Bonchev–Trinajstić information content (AvgIpc) is 3.09. The van der Waals surface area contributed by atoms with Crippen molar-refractivity contribution in [1.29, 1.82) is 0 Å². The fourth-order valence-corrected chi connectivity index (χ4v) is 2.16. The maximum Gasteiger partial charge on any atom is 0.176 e. The molecule has 1 heterocycles. The minimum atomic E-state index is -0.0524. The Morgan fingerprint density at radius 3 is 2.27 bits per heavy atom. The van der Waals surface area contributed by atoms with E-state index in [2.05, 4.69) is 11.9 Å². The second-order valence-electron chi connectivity index (χ2n) is 4.88. The monoisotopic (exact) mass is 294 g/mol. The van der Waals surface area contributed by atoms with Gasteiger partial charge in [0.25, 0.3) is 0 Å². The van der Waals surface area contributed by atoms with Crippen LogP contribution in [0, 0.1) is 0 Å². The van der Waals surface area contributed by atoms with Crippen LogP contribution in [-0.2, 0) is 0 Å². The molecular formula is C18H18N2O2. The predicted molar refractivity (Wildman–Crippen MR) is 85.1 cm³/mol. The number of aromatic nitrogens is 2. The number of rotatable bonds is 6. The van der Waals surface area contributed by atoms with Crippen LogP contribution < -0.4 is 9.47 Å². The highest BCUT2D eigenvalue weighted by Gasteiger charge is 2.09. The van der Waals surface area contributed by atoms with Crippen LogP contribution in [-0.4, -0.2) is 9.55 Å². The Morgan fingerprint density at radius 1 is 0.955 bits per heavy atom. The van der Waals surface area contributed by atoms with E-state index in [1.807, 2.05) is 65.4 Å². The number of hydrogen-bond acceptors (Lipinski definition) is 3. The summed E-state index contributed by atoms with van der Waals surface area (Å²) >= 11 is 0. The van der Waals surface area contributed by atoms with Crippen molar-refractivity contribution in [2.24, 2.45) is 0 Å². The van der Waals surface area contributed by atoms with Crippen LogP contribution in [0.3, 0.4) is 0 Å². The van der Waals surface area contributed by atoms with Crippen molar-refractivity contribution in [2.45, 2.75) is 19.6 Å². The molecule has 0 saturated heterocycles. The average molecular weight is 294 g/mol. The van der Waals surface area contributed by atoms with Gasteiger partial charge in [0.05, 0.1) is 6.33 Å². The van der Waals surface area contributed by atoms with Crippen molar-refractivity contribution < 1.29 is 9.47 Å². The fraction of sp³-hybridized carbons (Fsp3) is 0.167. The summed E-state index contributed by atoms with van der Waals surface area (Å²) in [5.41, 5.74) is 0. The molecule has 112 valence electrons. The van der Waals surface area contributed by atoms with Gasteiger partial charge < -0.3 is 14.0 Å². The van der Waals surface area contributed by atoms with E-state index in [0.29, 0.717) is 0 Å². The zero-order chi connectivity index (χ0) is 15.2. The summed E-state index contributed by atoms with van der Waals surface area (Å²) in [6.07, 6.45) is 6.23. The minimum absolute atomic E-state index is 0.0524. The molecule has 1 aromatic heterocycles. The van der Waals surface area contributed by atoms with Crippen LogP contribution >= 0.6 is 0 Å². The van der Waals surface area contributed by atoms with E-state index < -0.39 is 0 Å². The highest BCUT2D eigenvalue weighted by atomic mass is 16.5. The van der Waals surface area contributed by atoms with Crippen molar-refractivity contribution >= 4 is 0 Å². The van der Waals surface area contributed by atoms with Crippen molar-refractivity contribution in [2.75, 3.05) is 0 Å². The first kappa shape index (κ1) is 14.2. The zero-order valence-corrected chi connectivity index (χ0v) is 12.4. The van der Waals surface area contributed by atoms with Gasteiger partial charge in [-0.25, -0.2) is 4.98 Å². The van der Waals surface area contributed by atoms with E-state index in [9.17, 15) is 0 Å². The summed E-state index contributed by atoms with van der Waals surface area (Å²) in [4.78, 5) is 4.06. The number of imidazole rings is 1. The van der Waals surface area contributed by atoms with Gasteiger partial charge in [0.1, 0.15) is 17.2 Å². The Morgan fingerprint density at radius 2 is 1.64 bits per heavy atom. The molecule has 0 aliphatic rings. The SMILES string of the molecule is CCC(Oc1ccc(Oc2ccccc2)cc1)n1ccnc1. The Balaban J connectivity index is 1.66. The van der Waals surface area contributed by atoms with E-state index in [1.165, 1.54) is 0 Å². The third-order valence-corrected chi connectivity index (χ3v) is 3.28. The van der Waals surface area contributed by atoms with Crippen LogP contribution in [0.15, 0.2) is 73.3 Å². The van der Waals surface area contributed by atoms with Gasteiger partial charge in [-0.1, -0.05) is 25.1 Å². The summed E-state index contributed by atoms with van der Waals surface area (Å²) < 4.78 is 13.7. The quantitative estimate of drug-likeness (QED) is 0.663. The predicted octanol–water partition coefficient (Wildman–Crippen LogP) is 4.66. The maximum absolute atomic E-state index is 5.98. The lowest BCUT2D eigenvalue weighted by Gasteiger charge is -2.18. The normalized spacial score (nSPS) is 11.9. The summed E-state index contributed by atoms with van der Waals surface area (Å²) in [5.74, 6) is 2.41. The number of benzene rings is 2. The molecule has 0 aliphatic heterocycles. The number of ether oxygens (including phenoxy) is 2. The second kappa shape index (κ2) is 6.80. The van der Waals surface area contributed by atoms with E-state index in [-0.39, 0.29) is 6.23 Å². The molecule has 4 heteroatoms. The molecule has 0 bridgehead atoms. The van der Waals surface area contributed by atoms with Gasteiger partial charge in [-0.2, -0.15) is 0 Å². The van der Waals surface area contributed by atoms with Gasteiger partial charge in [-0.3, -0.25) is 0 Å². The molecule has 0 aliphatic carbocycles. The van der Waals surface area contributed by atoms with Crippen LogP contribution in [0.5, 0.6) is 17.2 Å². The molecule has 0 spiro atoms. The van der Waals surface area contributed by atoms with E-state index in [4.69, 9.17) is 9.47 Å². The standard InChI is InChI=1S/C18H18N2O2/c1-2-18(20-13-12-19-14-20)22-17-10-8-16(9-11-17)21-15-6-4-3-5-7-15/h3-14,18H,2H2,1H3. The van der Waals surface area contributed by atoms with Crippen molar-refractivity contribution in [3.63, 3.8) is 0 Å². The van der Waals surface area contributed by atoms with E-state index in [0.717, 1.165) is 23.7 Å². The topological polar surface area (TPSA) is 36.3 Å². The first-order valence-electron chi connectivity index (χ1n) is 7.32. The Labute approximate surface area is 130 Å². The molecule has 0 saturated carbocycles. The molecule has 0 amide bonds. The molecule has 1 unspecified atom stereocenters. The van der Waals surface area contributed by atoms with E-state index >= 15 is 0 Å². The van der Waals surface area contributed by atoms with Crippen LogP contribution in [0.1, 0.15) is 19.6 Å². The summed E-state index contributed by atoms with van der Waals surface area (Å²) in [7, 11) is 0. The molecule has 3 rings (SSSR count). The molecule has 0 N–H and O–H groups in total. The molecule has 2 aromatic carbocycles. The van der Waals surface area contributed by atoms with Gasteiger partial charge in [0, 0.05) is 18.8 Å². The van der Waals surface area contributed by atoms with Gasteiger partial charge in [-0.15, -0.1) is 0 Å². The van der Waals surface area contributed by atoms with Crippen molar-refractivity contribution in [3.8, 4) is 17.2 Å². The zero-order valence-electron chi connectivity index (χ0n) is 12.4. The molecule has 0 fully saturated rings. The summed E-state index contributed by atoms with van der Waals surface area (Å²) in [5, 5.41) is 0. The number of para-hydroxylation sites is 1. The van der Waals surface area contributed by atoms with Gasteiger partial charge in [0.15, 0.2) is 6.23 Å². The Bertz CT molecular complexity index is 679. The number of nitrogens with zero attached hydrogens (tertiary/aromatic N) is 2. The van der Waals surface area contributed by atoms with Gasteiger partial charge in [0.2, 0.25) is 0 Å². The maximum atomic E-state index is 5.98. The Hall–Kier alpha value is -2.75. The first-order chi connectivity index (χ1) is 10.8. The van der Waals surface area contributed by atoms with Crippen molar-refractivity contribution in [1.82, 2.24) is 9.55 Å². The Kier molecular flexibility index (Phi) is 4.39. The van der Waals surface area contributed by atoms with Crippen LogP contribution in [0.4, 0.5) is 0 Å². The lowest BCUT2D eigenvalue weighted by atomic mass is 10.3.